The number of amides is 1. The number of rotatable bonds is 4. The lowest BCUT2D eigenvalue weighted by Gasteiger charge is -2.13. The Bertz CT molecular complexity index is 420. The highest BCUT2D eigenvalue weighted by Crippen LogP contribution is 2.12. The number of nitriles is 1. The van der Waals surface area contributed by atoms with Crippen molar-refractivity contribution in [3.05, 3.63) is 34.3 Å². The molecule has 0 aliphatic rings. The SMILES string of the molecule is CC(C)C(C#N)C(=O)NCc1ccc(Br)cc1. The van der Waals surface area contributed by atoms with E-state index in [1.807, 2.05) is 44.2 Å². The molecular formula is C13H15BrN2O. The van der Waals surface area contributed by atoms with Gasteiger partial charge in [-0.3, -0.25) is 4.79 Å². The Hall–Kier alpha value is -1.34. The molecule has 1 unspecified atom stereocenters. The van der Waals surface area contributed by atoms with Gasteiger partial charge in [-0.05, 0) is 23.6 Å². The van der Waals surface area contributed by atoms with Crippen LogP contribution in [0.3, 0.4) is 0 Å². The fourth-order valence-corrected chi connectivity index (χ4v) is 1.68. The molecule has 17 heavy (non-hydrogen) atoms. The van der Waals surface area contributed by atoms with Crippen LogP contribution in [0.1, 0.15) is 19.4 Å². The molecule has 1 aromatic carbocycles. The largest absolute Gasteiger partial charge is 0.351 e. The maximum absolute atomic E-state index is 11.7. The Morgan fingerprint density at radius 2 is 2.00 bits per heavy atom. The first-order chi connectivity index (χ1) is 8.04. The van der Waals surface area contributed by atoms with Crippen molar-refractivity contribution in [3.63, 3.8) is 0 Å². The fourth-order valence-electron chi connectivity index (χ4n) is 1.41. The second-order valence-electron chi connectivity index (χ2n) is 4.20. The molecule has 0 saturated heterocycles. The summed E-state index contributed by atoms with van der Waals surface area (Å²) < 4.78 is 1.00. The summed E-state index contributed by atoms with van der Waals surface area (Å²) in [6.07, 6.45) is 0. The van der Waals surface area contributed by atoms with Gasteiger partial charge in [0.05, 0.1) is 6.07 Å². The summed E-state index contributed by atoms with van der Waals surface area (Å²) in [5.41, 5.74) is 1.02. The summed E-state index contributed by atoms with van der Waals surface area (Å²) in [6.45, 7) is 4.19. The lowest BCUT2D eigenvalue weighted by Crippen LogP contribution is -2.32. The van der Waals surface area contributed by atoms with Crippen molar-refractivity contribution in [3.8, 4) is 6.07 Å². The van der Waals surface area contributed by atoms with Crippen LogP contribution in [0.25, 0.3) is 0 Å². The zero-order chi connectivity index (χ0) is 12.8. The van der Waals surface area contributed by atoms with E-state index in [0.29, 0.717) is 6.54 Å². The van der Waals surface area contributed by atoms with Crippen LogP contribution in [0.15, 0.2) is 28.7 Å². The minimum Gasteiger partial charge on any atom is -0.351 e. The number of carbonyl (C=O) groups is 1. The predicted octanol–water partition coefficient (Wildman–Crippen LogP) is 2.86. The van der Waals surface area contributed by atoms with Crippen LogP contribution in [0.4, 0.5) is 0 Å². The topological polar surface area (TPSA) is 52.9 Å². The predicted molar refractivity (Wildman–Crippen MR) is 69.9 cm³/mol. The molecule has 1 aromatic rings. The maximum atomic E-state index is 11.7. The molecule has 0 aromatic heterocycles. The molecule has 0 fully saturated rings. The molecule has 0 aliphatic heterocycles. The van der Waals surface area contributed by atoms with Crippen LogP contribution in [0.2, 0.25) is 0 Å². The summed E-state index contributed by atoms with van der Waals surface area (Å²) >= 11 is 3.35. The molecule has 1 atom stereocenters. The zero-order valence-corrected chi connectivity index (χ0v) is 11.5. The summed E-state index contributed by atoms with van der Waals surface area (Å²) in [4.78, 5) is 11.7. The van der Waals surface area contributed by atoms with Crippen LogP contribution < -0.4 is 5.32 Å². The second-order valence-corrected chi connectivity index (χ2v) is 5.11. The molecule has 4 heteroatoms. The highest BCUT2D eigenvalue weighted by Gasteiger charge is 2.20. The molecule has 1 amide bonds. The first-order valence-corrected chi connectivity index (χ1v) is 6.25. The molecule has 1 N–H and O–H groups in total. The molecule has 90 valence electrons. The summed E-state index contributed by atoms with van der Waals surface area (Å²) in [5, 5.41) is 11.7. The summed E-state index contributed by atoms with van der Waals surface area (Å²) in [7, 11) is 0. The average molecular weight is 295 g/mol. The van der Waals surface area contributed by atoms with Crippen molar-refractivity contribution < 1.29 is 4.79 Å². The first kappa shape index (κ1) is 13.7. The van der Waals surface area contributed by atoms with Crippen molar-refractivity contribution in [2.45, 2.75) is 20.4 Å². The minimum absolute atomic E-state index is 0.0323. The van der Waals surface area contributed by atoms with Gasteiger partial charge in [-0.1, -0.05) is 41.9 Å². The van der Waals surface area contributed by atoms with E-state index < -0.39 is 5.92 Å². The van der Waals surface area contributed by atoms with E-state index in [0.717, 1.165) is 10.0 Å². The molecule has 0 radical (unpaired) electrons. The lowest BCUT2D eigenvalue weighted by atomic mass is 9.96. The standard InChI is InChI=1S/C13H15BrN2O/c1-9(2)12(7-15)13(17)16-8-10-3-5-11(14)6-4-10/h3-6,9,12H,8H2,1-2H3,(H,16,17). The maximum Gasteiger partial charge on any atom is 0.237 e. The molecule has 0 spiro atoms. The Kier molecular flexibility index (Phi) is 5.17. The summed E-state index contributed by atoms with van der Waals surface area (Å²) in [5.74, 6) is -0.749. The highest BCUT2D eigenvalue weighted by atomic mass is 79.9. The van der Waals surface area contributed by atoms with Gasteiger partial charge in [-0.2, -0.15) is 5.26 Å². The zero-order valence-electron chi connectivity index (χ0n) is 9.90. The van der Waals surface area contributed by atoms with E-state index in [-0.39, 0.29) is 11.8 Å². The lowest BCUT2D eigenvalue weighted by molar-refractivity contribution is -0.124. The number of carbonyl (C=O) groups excluding carboxylic acids is 1. The number of nitrogens with one attached hydrogen (secondary N) is 1. The van der Waals surface area contributed by atoms with Crippen molar-refractivity contribution in [1.29, 1.82) is 5.26 Å². The molecule has 0 heterocycles. The average Bonchev–Trinajstić information content (AvgIpc) is 2.28. The van der Waals surface area contributed by atoms with Crippen molar-refractivity contribution >= 4 is 21.8 Å². The van der Waals surface area contributed by atoms with E-state index in [4.69, 9.17) is 5.26 Å². The fraction of sp³-hybridized carbons (Fsp3) is 0.385. The van der Waals surface area contributed by atoms with Crippen LogP contribution >= 0.6 is 15.9 Å². The number of hydrogen-bond donors (Lipinski definition) is 1. The van der Waals surface area contributed by atoms with Gasteiger partial charge >= 0.3 is 0 Å². The monoisotopic (exact) mass is 294 g/mol. The Labute approximate surface area is 110 Å². The Morgan fingerprint density at radius 3 is 2.47 bits per heavy atom. The van der Waals surface area contributed by atoms with Gasteiger partial charge in [0, 0.05) is 11.0 Å². The van der Waals surface area contributed by atoms with Crippen molar-refractivity contribution in [2.24, 2.45) is 11.8 Å². The van der Waals surface area contributed by atoms with E-state index >= 15 is 0 Å². The van der Waals surface area contributed by atoms with Gasteiger partial charge in [0.2, 0.25) is 5.91 Å². The van der Waals surface area contributed by atoms with Crippen LogP contribution in [-0.4, -0.2) is 5.91 Å². The van der Waals surface area contributed by atoms with Gasteiger partial charge < -0.3 is 5.32 Å². The number of benzene rings is 1. The second kappa shape index (κ2) is 6.41. The Morgan fingerprint density at radius 1 is 1.41 bits per heavy atom. The van der Waals surface area contributed by atoms with Crippen LogP contribution in [0, 0.1) is 23.2 Å². The molecule has 3 nitrogen and oxygen atoms in total. The van der Waals surface area contributed by atoms with Crippen molar-refractivity contribution in [2.75, 3.05) is 0 Å². The molecule has 0 bridgehead atoms. The van der Waals surface area contributed by atoms with E-state index in [1.165, 1.54) is 0 Å². The highest BCUT2D eigenvalue weighted by molar-refractivity contribution is 9.10. The van der Waals surface area contributed by atoms with Crippen LogP contribution in [0.5, 0.6) is 0 Å². The Balaban J connectivity index is 2.54. The quantitative estimate of drug-likeness (QED) is 0.928. The van der Waals surface area contributed by atoms with Crippen LogP contribution in [-0.2, 0) is 11.3 Å². The van der Waals surface area contributed by atoms with Gasteiger partial charge in [0.1, 0.15) is 5.92 Å². The van der Waals surface area contributed by atoms with E-state index in [9.17, 15) is 4.79 Å². The molecular weight excluding hydrogens is 280 g/mol. The number of nitrogens with zero attached hydrogens (tertiary/aromatic N) is 1. The smallest absolute Gasteiger partial charge is 0.237 e. The number of halogens is 1. The third-order valence-electron chi connectivity index (χ3n) is 2.47. The first-order valence-electron chi connectivity index (χ1n) is 5.46. The third kappa shape index (κ3) is 4.20. The molecule has 0 aliphatic carbocycles. The van der Waals surface area contributed by atoms with Gasteiger partial charge in [-0.25, -0.2) is 0 Å². The van der Waals surface area contributed by atoms with Crippen molar-refractivity contribution in [1.82, 2.24) is 5.32 Å². The van der Waals surface area contributed by atoms with E-state index in [1.54, 1.807) is 0 Å². The van der Waals surface area contributed by atoms with E-state index in [2.05, 4.69) is 21.2 Å². The minimum atomic E-state index is -0.578. The molecule has 1 rings (SSSR count). The summed E-state index contributed by atoms with van der Waals surface area (Å²) in [6, 6.07) is 9.74. The third-order valence-corrected chi connectivity index (χ3v) is 3.00. The van der Waals surface area contributed by atoms with Gasteiger partial charge in [0.25, 0.3) is 0 Å². The molecule has 0 saturated carbocycles. The normalized spacial score (nSPS) is 11.9. The van der Waals surface area contributed by atoms with Gasteiger partial charge in [0.15, 0.2) is 0 Å². The number of hydrogen-bond acceptors (Lipinski definition) is 2. The van der Waals surface area contributed by atoms with Gasteiger partial charge in [-0.15, -0.1) is 0 Å².